The Bertz CT molecular complexity index is 306. The first-order valence-corrected chi connectivity index (χ1v) is 3.75. The molecule has 11 heavy (non-hydrogen) atoms. The van der Waals surface area contributed by atoms with Crippen molar-refractivity contribution in [2.24, 2.45) is 7.05 Å². The lowest BCUT2D eigenvalue weighted by molar-refractivity contribution is 0.0679. The van der Waals surface area contributed by atoms with E-state index in [4.69, 9.17) is 5.11 Å². The molecule has 0 aliphatic rings. The fourth-order valence-electron chi connectivity index (χ4n) is 0.807. The molecule has 0 aliphatic heterocycles. The number of halogens is 1. The third-order valence-corrected chi connectivity index (χ3v) is 2.48. The van der Waals surface area contributed by atoms with Crippen molar-refractivity contribution in [3.05, 3.63) is 16.1 Å². The summed E-state index contributed by atoms with van der Waals surface area (Å²) in [5, 5.41) is 8.60. The first kappa shape index (κ1) is 8.26. The van der Waals surface area contributed by atoms with Crippen LogP contribution in [0.5, 0.6) is 0 Å². The lowest BCUT2D eigenvalue weighted by Crippen LogP contribution is -2.05. The fraction of sp³-hybridized carbons (Fsp3) is 0.333. The molecule has 5 heteroatoms. The Morgan fingerprint density at radius 2 is 2.27 bits per heavy atom. The zero-order chi connectivity index (χ0) is 8.59. The number of aryl methyl sites for hydroxylation is 1. The first-order chi connectivity index (χ1) is 5.04. The molecular weight excluding hydrogens is 212 g/mol. The molecule has 1 aromatic heterocycles. The van der Waals surface area contributed by atoms with Gasteiger partial charge in [-0.05, 0) is 22.9 Å². The van der Waals surface area contributed by atoms with Crippen LogP contribution in [0.15, 0.2) is 4.60 Å². The average molecular weight is 219 g/mol. The van der Waals surface area contributed by atoms with Crippen molar-refractivity contribution < 1.29 is 9.90 Å². The first-order valence-electron chi connectivity index (χ1n) is 2.96. The second-order valence-corrected chi connectivity index (χ2v) is 2.93. The van der Waals surface area contributed by atoms with Gasteiger partial charge < -0.3 is 9.67 Å². The predicted octanol–water partition coefficient (Wildman–Crippen LogP) is 1.19. The van der Waals surface area contributed by atoms with Crippen LogP contribution in [0.25, 0.3) is 0 Å². The number of imidazole rings is 1. The number of rotatable bonds is 1. The maximum Gasteiger partial charge on any atom is 0.372 e. The Morgan fingerprint density at radius 1 is 1.73 bits per heavy atom. The minimum Gasteiger partial charge on any atom is -0.475 e. The Morgan fingerprint density at radius 3 is 2.45 bits per heavy atom. The summed E-state index contributed by atoms with van der Waals surface area (Å²) in [6, 6.07) is 0. The quantitative estimate of drug-likeness (QED) is 0.771. The SMILES string of the molecule is Cc1nc(C(=O)O)n(C)c1Br. The molecule has 0 aliphatic carbocycles. The second kappa shape index (κ2) is 2.65. The lowest BCUT2D eigenvalue weighted by Gasteiger charge is -1.94. The van der Waals surface area contributed by atoms with Gasteiger partial charge in [0.25, 0.3) is 0 Å². The Labute approximate surface area is 72.0 Å². The number of nitrogens with zero attached hydrogens (tertiary/aromatic N) is 2. The van der Waals surface area contributed by atoms with Crippen LogP contribution in [0.3, 0.4) is 0 Å². The highest BCUT2D eigenvalue weighted by Crippen LogP contribution is 2.15. The highest BCUT2D eigenvalue weighted by molar-refractivity contribution is 9.10. The highest BCUT2D eigenvalue weighted by Gasteiger charge is 2.14. The molecule has 1 rings (SSSR count). The molecule has 0 bridgehead atoms. The standard InChI is InChI=1S/C6H7BrN2O2/c1-3-4(7)9(2)5(8-3)6(10)11/h1-2H3,(H,10,11). The fourth-order valence-corrected chi connectivity index (χ4v) is 1.06. The Balaban J connectivity index is 3.29. The van der Waals surface area contributed by atoms with Gasteiger partial charge in [-0.25, -0.2) is 9.78 Å². The minimum absolute atomic E-state index is 0.0503. The van der Waals surface area contributed by atoms with Gasteiger partial charge in [-0.1, -0.05) is 0 Å². The van der Waals surface area contributed by atoms with Gasteiger partial charge in [0.05, 0.1) is 5.69 Å². The molecule has 60 valence electrons. The van der Waals surface area contributed by atoms with Crippen molar-refractivity contribution >= 4 is 21.9 Å². The molecule has 4 nitrogen and oxygen atoms in total. The number of aromatic nitrogens is 2. The van der Waals surface area contributed by atoms with Gasteiger partial charge in [0.15, 0.2) is 0 Å². The number of hydrogen-bond donors (Lipinski definition) is 1. The maximum atomic E-state index is 10.5. The molecule has 0 atom stereocenters. The molecule has 1 aromatic rings. The van der Waals surface area contributed by atoms with Crippen LogP contribution in [0.4, 0.5) is 0 Å². The summed E-state index contributed by atoms with van der Waals surface area (Å²) < 4.78 is 2.19. The van der Waals surface area contributed by atoms with E-state index in [0.29, 0.717) is 10.3 Å². The van der Waals surface area contributed by atoms with E-state index in [9.17, 15) is 4.79 Å². The third-order valence-electron chi connectivity index (χ3n) is 1.38. The second-order valence-electron chi connectivity index (χ2n) is 2.18. The van der Waals surface area contributed by atoms with Crippen molar-refractivity contribution in [2.75, 3.05) is 0 Å². The Hall–Kier alpha value is -0.840. The summed E-state index contributed by atoms with van der Waals surface area (Å²) in [5.74, 6) is -0.962. The van der Waals surface area contributed by atoms with Crippen LogP contribution in [0.2, 0.25) is 0 Å². The molecule has 0 saturated carbocycles. The monoisotopic (exact) mass is 218 g/mol. The third kappa shape index (κ3) is 1.28. The van der Waals surface area contributed by atoms with Crippen molar-refractivity contribution in [3.63, 3.8) is 0 Å². The molecule has 0 amide bonds. The summed E-state index contributed by atoms with van der Waals surface area (Å²) in [6.07, 6.45) is 0. The van der Waals surface area contributed by atoms with Crippen molar-refractivity contribution in [2.45, 2.75) is 6.92 Å². The summed E-state index contributed by atoms with van der Waals surface area (Å²) in [6.45, 7) is 1.75. The molecular formula is C6H7BrN2O2. The molecule has 0 spiro atoms. The van der Waals surface area contributed by atoms with E-state index in [1.165, 1.54) is 4.57 Å². The van der Waals surface area contributed by atoms with Crippen LogP contribution in [0.1, 0.15) is 16.3 Å². The van der Waals surface area contributed by atoms with Gasteiger partial charge in [-0.2, -0.15) is 0 Å². The van der Waals surface area contributed by atoms with E-state index in [-0.39, 0.29) is 5.82 Å². The zero-order valence-electron chi connectivity index (χ0n) is 6.13. The van der Waals surface area contributed by atoms with Gasteiger partial charge >= 0.3 is 5.97 Å². The molecule has 0 unspecified atom stereocenters. The van der Waals surface area contributed by atoms with E-state index < -0.39 is 5.97 Å². The lowest BCUT2D eigenvalue weighted by atomic mass is 10.6. The van der Waals surface area contributed by atoms with Crippen LogP contribution < -0.4 is 0 Å². The number of carbonyl (C=O) groups is 1. The maximum absolute atomic E-state index is 10.5. The van der Waals surface area contributed by atoms with Gasteiger partial charge in [0.2, 0.25) is 5.82 Å². The molecule has 0 saturated heterocycles. The number of carboxylic acid groups (broad SMARTS) is 1. The summed E-state index contributed by atoms with van der Waals surface area (Å²) in [4.78, 5) is 14.3. The van der Waals surface area contributed by atoms with Gasteiger partial charge in [-0.15, -0.1) is 0 Å². The van der Waals surface area contributed by atoms with Gasteiger partial charge in [-0.3, -0.25) is 0 Å². The highest BCUT2D eigenvalue weighted by atomic mass is 79.9. The number of hydrogen-bond acceptors (Lipinski definition) is 2. The molecule has 0 aromatic carbocycles. The summed E-state index contributed by atoms with van der Waals surface area (Å²) in [7, 11) is 1.65. The zero-order valence-corrected chi connectivity index (χ0v) is 7.71. The van der Waals surface area contributed by atoms with E-state index >= 15 is 0 Å². The van der Waals surface area contributed by atoms with E-state index in [1.807, 2.05) is 0 Å². The van der Waals surface area contributed by atoms with E-state index in [2.05, 4.69) is 20.9 Å². The number of carboxylic acids is 1. The number of aromatic carboxylic acids is 1. The van der Waals surface area contributed by atoms with Crippen molar-refractivity contribution in [1.82, 2.24) is 9.55 Å². The Kier molecular flexibility index (Phi) is 1.99. The van der Waals surface area contributed by atoms with Crippen LogP contribution in [-0.4, -0.2) is 20.6 Å². The molecule has 1 N–H and O–H groups in total. The minimum atomic E-state index is -1.01. The summed E-state index contributed by atoms with van der Waals surface area (Å²) in [5.41, 5.74) is 0.685. The molecule has 1 heterocycles. The van der Waals surface area contributed by atoms with Gasteiger partial charge in [0.1, 0.15) is 4.60 Å². The van der Waals surface area contributed by atoms with Crippen LogP contribution in [-0.2, 0) is 7.05 Å². The summed E-state index contributed by atoms with van der Waals surface area (Å²) >= 11 is 3.21. The van der Waals surface area contributed by atoms with Crippen LogP contribution in [0, 0.1) is 6.92 Å². The van der Waals surface area contributed by atoms with Gasteiger partial charge in [0, 0.05) is 7.05 Å². The molecule has 0 radical (unpaired) electrons. The van der Waals surface area contributed by atoms with Crippen molar-refractivity contribution in [3.8, 4) is 0 Å². The normalized spacial score (nSPS) is 10.1. The van der Waals surface area contributed by atoms with Crippen molar-refractivity contribution in [1.29, 1.82) is 0 Å². The smallest absolute Gasteiger partial charge is 0.372 e. The molecule has 0 fully saturated rings. The van der Waals surface area contributed by atoms with E-state index in [0.717, 1.165) is 0 Å². The van der Waals surface area contributed by atoms with E-state index in [1.54, 1.807) is 14.0 Å². The average Bonchev–Trinajstić information content (AvgIpc) is 2.17. The topological polar surface area (TPSA) is 55.1 Å². The largest absolute Gasteiger partial charge is 0.475 e. The van der Waals surface area contributed by atoms with Crippen LogP contribution >= 0.6 is 15.9 Å². The predicted molar refractivity (Wildman–Crippen MR) is 42.6 cm³/mol.